The number of rotatable bonds is 7. The van der Waals surface area contributed by atoms with E-state index in [1.807, 2.05) is 22.9 Å². The van der Waals surface area contributed by atoms with E-state index >= 15 is 0 Å². The van der Waals surface area contributed by atoms with Crippen molar-refractivity contribution in [2.24, 2.45) is 0 Å². The van der Waals surface area contributed by atoms with Crippen molar-refractivity contribution in [2.75, 3.05) is 0 Å². The Morgan fingerprint density at radius 3 is 2.65 bits per heavy atom. The fraction of sp³-hybridized carbons (Fsp3) is 0.286. The molecular weight excluding hydrogens is 324 g/mol. The minimum Gasteiger partial charge on any atom is -0.345 e. The minimum absolute atomic E-state index is 0.0489. The van der Waals surface area contributed by atoms with Crippen LogP contribution in [0.3, 0.4) is 0 Å². The van der Waals surface area contributed by atoms with Crippen LogP contribution in [0, 0.1) is 13.8 Å². The van der Waals surface area contributed by atoms with E-state index in [0.717, 1.165) is 29.7 Å². The Labute approximate surface area is 154 Å². The largest absolute Gasteiger partial charge is 0.345 e. The first-order valence-corrected chi connectivity index (χ1v) is 8.85. The second-order valence-corrected chi connectivity index (χ2v) is 6.55. The van der Waals surface area contributed by atoms with Crippen molar-refractivity contribution in [1.29, 1.82) is 0 Å². The Kier molecular flexibility index (Phi) is 5.79. The molecule has 0 radical (unpaired) electrons. The van der Waals surface area contributed by atoms with Gasteiger partial charge in [-0.2, -0.15) is 0 Å². The molecule has 5 heteroatoms. The maximum atomic E-state index is 12.6. The van der Waals surface area contributed by atoms with E-state index in [2.05, 4.69) is 47.3 Å². The number of nitrogens with zero attached hydrogens (tertiary/aromatic N) is 3. The average molecular weight is 348 g/mol. The highest BCUT2D eigenvalue weighted by Gasteiger charge is 2.18. The van der Waals surface area contributed by atoms with Crippen LogP contribution in [0.5, 0.6) is 0 Å². The third kappa shape index (κ3) is 4.57. The Morgan fingerprint density at radius 2 is 1.92 bits per heavy atom. The fourth-order valence-electron chi connectivity index (χ4n) is 3.04. The van der Waals surface area contributed by atoms with Crippen molar-refractivity contribution < 1.29 is 4.79 Å². The van der Waals surface area contributed by atoms with Gasteiger partial charge >= 0.3 is 0 Å². The van der Waals surface area contributed by atoms with E-state index in [0.29, 0.717) is 6.42 Å². The van der Waals surface area contributed by atoms with Crippen LogP contribution in [-0.2, 0) is 11.3 Å². The second-order valence-electron chi connectivity index (χ2n) is 6.55. The van der Waals surface area contributed by atoms with Crippen LogP contribution < -0.4 is 5.32 Å². The van der Waals surface area contributed by atoms with Crippen LogP contribution in [0.15, 0.2) is 61.4 Å². The van der Waals surface area contributed by atoms with Crippen LogP contribution in [0.25, 0.3) is 0 Å². The van der Waals surface area contributed by atoms with Gasteiger partial charge in [0.05, 0.1) is 12.4 Å². The molecule has 134 valence electrons. The molecule has 5 nitrogen and oxygen atoms in total. The van der Waals surface area contributed by atoms with Crippen LogP contribution >= 0.6 is 0 Å². The zero-order valence-electron chi connectivity index (χ0n) is 15.2. The molecule has 3 rings (SSSR count). The summed E-state index contributed by atoms with van der Waals surface area (Å²) in [5.74, 6) is 0.0489. The molecule has 1 amide bonds. The van der Waals surface area contributed by atoms with E-state index in [9.17, 15) is 4.79 Å². The molecule has 1 aromatic carbocycles. The minimum atomic E-state index is -0.168. The summed E-state index contributed by atoms with van der Waals surface area (Å²) in [5.41, 5.74) is 4.51. The lowest BCUT2D eigenvalue weighted by atomic mass is 9.94. The fourth-order valence-corrected chi connectivity index (χ4v) is 3.04. The molecule has 0 aliphatic carbocycles. The molecule has 0 aliphatic heterocycles. The number of carbonyl (C=O) groups is 1. The Hall–Kier alpha value is -2.95. The molecule has 0 spiro atoms. The maximum absolute atomic E-state index is 12.6. The van der Waals surface area contributed by atoms with Gasteiger partial charge in [0.25, 0.3) is 0 Å². The zero-order chi connectivity index (χ0) is 18.4. The number of imidazole rings is 1. The number of nitrogens with one attached hydrogen (secondary N) is 1. The normalized spacial score (nSPS) is 11.9. The number of hydrogen-bond acceptors (Lipinski definition) is 3. The van der Waals surface area contributed by atoms with Crippen molar-refractivity contribution in [3.63, 3.8) is 0 Å². The first-order chi connectivity index (χ1) is 12.6. The van der Waals surface area contributed by atoms with Gasteiger partial charge in [-0.1, -0.05) is 23.8 Å². The summed E-state index contributed by atoms with van der Waals surface area (Å²) in [6.07, 6.45) is 10.2. The van der Waals surface area contributed by atoms with Gasteiger partial charge in [-0.3, -0.25) is 9.78 Å². The third-order valence-corrected chi connectivity index (χ3v) is 4.47. The highest BCUT2D eigenvalue weighted by molar-refractivity contribution is 5.77. The van der Waals surface area contributed by atoms with Crippen LogP contribution in [0.2, 0.25) is 0 Å². The number of aromatic nitrogens is 3. The van der Waals surface area contributed by atoms with Crippen molar-refractivity contribution in [2.45, 2.75) is 39.3 Å². The summed E-state index contributed by atoms with van der Waals surface area (Å²) in [5, 5.41) is 3.21. The van der Waals surface area contributed by atoms with E-state index in [4.69, 9.17) is 0 Å². The van der Waals surface area contributed by atoms with E-state index in [1.54, 1.807) is 24.9 Å². The summed E-state index contributed by atoms with van der Waals surface area (Å²) in [6, 6.07) is 10.1. The quantitative estimate of drug-likeness (QED) is 0.710. The maximum Gasteiger partial charge on any atom is 0.220 e. The van der Waals surface area contributed by atoms with Crippen LogP contribution in [0.4, 0.5) is 0 Å². The van der Waals surface area contributed by atoms with Gasteiger partial charge in [0, 0.05) is 37.8 Å². The molecular formula is C21H24N4O. The molecule has 2 aromatic heterocycles. The number of amides is 1. The molecule has 1 N–H and O–H groups in total. The summed E-state index contributed by atoms with van der Waals surface area (Å²) in [7, 11) is 0. The standard InChI is InChI=1S/C21H24N4O/c1-16-5-6-17(2)19(14-16)21(18-7-9-22-10-8-18)24-20(26)4-3-12-25-13-11-23-15-25/h5-11,13-15,21H,3-4,12H2,1-2H3,(H,24,26)/t21-/m0/s1. The van der Waals surface area contributed by atoms with Gasteiger partial charge in [0.2, 0.25) is 5.91 Å². The Morgan fingerprint density at radius 1 is 1.12 bits per heavy atom. The molecule has 0 saturated carbocycles. The van der Waals surface area contributed by atoms with Gasteiger partial charge < -0.3 is 9.88 Å². The Balaban J connectivity index is 1.73. The molecule has 26 heavy (non-hydrogen) atoms. The average Bonchev–Trinajstić information content (AvgIpc) is 3.16. The van der Waals surface area contributed by atoms with Gasteiger partial charge in [0.15, 0.2) is 0 Å². The molecule has 0 bridgehead atoms. The Bertz CT molecular complexity index is 844. The van der Waals surface area contributed by atoms with E-state index < -0.39 is 0 Å². The van der Waals surface area contributed by atoms with Crippen LogP contribution in [-0.4, -0.2) is 20.4 Å². The van der Waals surface area contributed by atoms with Gasteiger partial charge in [0.1, 0.15) is 0 Å². The number of carbonyl (C=O) groups excluding carboxylic acids is 1. The summed E-state index contributed by atoms with van der Waals surface area (Å²) in [4.78, 5) is 20.7. The van der Waals surface area contributed by atoms with Crippen molar-refractivity contribution in [3.8, 4) is 0 Å². The number of pyridine rings is 1. The van der Waals surface area contributed by atoms with Crippen molar-refractivity contribution in [3.05, 3.63) is 83.7 Å². The first-order valence-electron chi connectivity index (χ1n) is 8.85. The molecule has 0 fully saturated rings. The summed E-state index contributed by atoms with van der Waals surface area (Å²) in [6.45, 7) is 4.93. The topological polar surface area (TPSA) is 59.8 Å². The summed E-state index contributed by atoms with van der Waals surface area (Å²) < 4.78 is 1.98. The third-order valence-electron chi connectivity index (χ3n) is 4.47. The zero-order valence-corrected chi connectivity index (χ0v) is 15.2. The van der Waals surface area contributed by atoms with Gasteiger partial charge in [-0.05, 0) is 49.1 Å². The van der Waals surface area contributed by atoms with Crippen molar-refractivity contribution >= 4 is 5.91 Å². The lowest BCUT2D eigenvalue weighted by molar-refractivity contribution is -0.121. The van der Waals surface area contributed by atoms with E-state index in [-0.39, 0.29) is 11.9 Å². The monoisotopic (exact) mass is 348 g/mol. The SMILES string of the molecule is Cc1ccc(C)c([C@@H](NC(=O)CCCn2ccnc2)c2ccncc2)c1. The number of aryl methyl sites for hydroxylation is 3. The second kappa shape index (κ2) is 8.43. The van der Waals surface area contributed by atoms with E-state index in [1.165, 1.54) is 5.56 Å². The predicted octanol–water partition coefficient (Wildman–Crippen LogP) is 3.58. The van der Waals surface area contributed by atoms with Crippen LogP contribution in [0.1, 0.15) is 41.1 Å². The summed E-state index contributed by atoms with van der Waals surface area (Å²) >= 11 is 0. The molecule has 3 aromatic rings. The molecule has 2 heterocycles. The molecule has 1 atom stereocenters. The smallest absolute Gasteiger partial charge is 0.220 e. The number of benzene rings is 1. The molecule has 0 unspecified atom stereocenters. The van der Waals surface area contributed by atoms with Crippen molar-refractivity contribution in [1.82, 2.24) is 19.9 Å². The van der Waals surface area contributed by atoms with Gasteiger partial charge in [-0.25, -0.2) is 4.98 Å². The lowest BCUT2D eigenvalue weighted by Crippen LogP contribution is -2.30. The molecule has 0 aliphatic rings. The number of hydrogen-bond donors (Lipinski definition) is 1. The van der Waals surface area contributed by atoms with Gasteiger partial charge in [-0.15, -0.1) is 0 Å². The molecule has 0 saturated heterocycles. The first kappa shape index (κ1) is 17.9. The highest BCUT2D eigenvalue weighted by Crippen LogP contribution is 2.25. The lowest BCUT2D eigenvalue weighted by Gasteiger charge is -2.22. The predicted molar refractivity (Wildman–Crippen MR) is 102 cm³/mol. The highest BCUT2D eigenvalue weighted by atomic mass is 16.1.